The monoisotopic (exact) mass is 418 g/mol. The summed E-state index contributed by atoms with van der Waals surface area (Å²) in [7, 11) is 0. The van der Waals surface area contributed by atoms with E-state index in [0.29, 0.717) is 36.9 Å². The summed E-state index contributed by atoms with van der Waals surface area (Å²) in [6.45, 7) is 3.72. The second-order valence-corrected chi connectivity index (χ2v) is 8.15. The first-order chi connectivity index (χ1) is 15.2. The lowest BCUT2D eigenvalue weighted by molar-refractivity contribution is -0.0691. The number of anilines is 1. The van der Waals surface area contributed by atoms with Gasteiger partial charge in [0.25, 0.3) is 5.91 Å². The summed E-state index contributed by atoms with van der Waals surface area (Å²) < 4.78 is 5.96. The third-order valence-corrected chi connectivity index (χ3v) is 5.77. The zero-order valence-corrected chi connectivity index (χ0v) is 17.6. The number of aryl methyl sites for hydroxylation is 1. The molecule has 2 fully saturated rings. The molecule has 1 saturated heterocycles. The molecule has 1 aromatic carbocycles. The molecule has 1 aliphatic carbocycles. The molecule has 160 valence electrons. The molecule has 0 radical (unpaired) electrons. The molecule has 1 atom stereocenters. The number of carbonyl (C=O) groups excluding carboxylic acids is 1. The summed E-state index contributed by atoms with van der Waals surface area (Å²) in [6.07, 6.45) is 8.11. The quantitative estimate of drug-likeness (QED) is 0.662. The smallest absolute Gasteiger partial charge is 0.258 e. The molecular formula is C23H26N6O2. The molecule has 3 heterocycles. The highest BCUT2D eigenvalue weighted by atomic mass is 16.5. The average molecular weight is 419 g/mol. The first-order valence-electron chi connectivity index (χ1n) is 10.8. The highest BCUT2D eigenvalue weighted by molar-refractivity contribution is 5.98. The van der Waals surface area contributed by atoms with Gasteiger partial charge in [0.15, 0.2) is 0 Å². The number of pyridine rings is 1. The fourth-order valence-corrected chi connectivity index (χ4v) is 3.94. The van der Waals surface area contributed by atoms with Crippen LogP contribution in [0.4, 0.5) is 5.82 Å². The number of nitrogens with zero attached hydrogens (tertiary/aromatic N) is 5. The molecule has 31 heavy (non-hydrogen) atoms. The van der Waals surface area contributed by atoms with Crippen LogP contribution < -0.4 is 5.32 Å². The third-order valence-electron chi connectivity index (χ3n) is 5.77. The minimum absolute atomic E-state index is 0.0838. The lowest BCUT2D eigenvalue weighted by atomic mass is 10.1. The van der Waals surface area contributed by atoms with Crippen LogP contribution in [0.2, 0.25) is 0 Å². The molecule has 1 unspecified atom stereocenters. The Morgan fingerprint density at radius 2 is 2.03 bits per heavy atom. The Morgan fingerprint density at radius 1 is 1.19 bits per heavy atom. The molecule has 8 nitrogen and oxygen atoms in total. The van der Waals surface area contributed by atoms with Gasteiger partial charge in [0, 0.05) is 12.7 Å². The number of amides is 1. The first-order valence-corrected chi connectivity index (χ1v) is 10.8. The number of benzene rings is 1. The van der Waals surface area contributed by atoms with Gasteiger partial charge in [-0.05, 0) is 55.9 Å². The van der Waals surface area contributed by atoms with Gasteiger partial charge < -0.3 is 15.0 Å². The number of nitrogens with one attached hydrogen (secondary N) is 1. The van der Waals surface area contributed by atoms with Crippen LogP contribution in [0.5, 0.6) is 0 Å². The van der Waals surface area contributed by atoms with E-state index in [-0.39, 0.29) is 12.1 Å². The number of rotatable bonds is 6. The minimum atomic E-state index is -0.370. The summed E-state index contributed by atoms with van der Waals surface area (Å²) >= 11 is 0. The number of aromatic nitrogens is 4. The molecule has 1 N–H and O–H groups in total. The SMILES string of the molecule is Cc1ccc(-n2nccn2)c(C(=O)N2CCCOC2CNc2ccc(C3CC3)cn2)c1. The van der Waals surface area contributed by atoms with Crippen molar-refractivity contribution in [3.63, 3.8) is 0 Å². The molecule has 1 amide bonds. The average Bonchev–Trinajstić information content (AvgIpc) is 3.52. The van der Waals surface area contributed by atoms with Gasteiger partial charge in [0.1, 0.15) is 12.0 Å². The summed E-state index contributed by atoms with van der Waals surface area (Å²) in [4.78, 5) is 21.3. The van der Waals surface area contributed by atoms with Crippen LogP contribution in [-0.2, 0) is 4.74 Å². The van der Waals surface area contributed by atoms with Crippen LogP contribution in [0.15, 0.2) is 48.9 Å². The number of ether oxygens (including phenoxy) is 1. The highest BCUT2D eigenvalue weighted by Gasteiger charge is 2.30. The van der Waals surface area contributed by atoms with Crippen molar-refractivity contribution < 1.29 is 9.53 Å². The van der Waals surface area contributed by atoms with Gasteiger partial charge in [-0.1, -0.05) is 17.7 Å². The van der Waals surface area contributed by atoms with E-state index in [0.717, 1.165) is 17.8 Å². The van der Waals surface area contributed by atoms with E-state index in [4.69, 9.17) is 4.74 Å². The summed E-state index contributed by atoms with van der Waals surface area (Å²) in [6, 6.07) is 9.86. The second-order valence-electron chi connectivity index (χ2n) is 8.15. The van der Waals surface area contributed by atoms with E-state index in [1.165, 1.54) is 23.2 Å². The zero-order valence-electron chi connectivity index (χ0n) is 17.6. The van der Waals surface area contributed by atoms with E-state index in [1.807, 2.05) is 37.4 Å². The molecule has 3 aromatic rings. The molecule has 5 rings (SSSR count). The maximum Gasteiger partial charge on any atom is 0.258 e. The molecule has 0 spiro atoms. The van der Waals surface area contributed by atoms with E-state index >= 15 is 0 Å². The Hall–Kier alpha value is -3.26. The lowest BCUT2D eigenvalue weighted by Gasteiger charge is -2.36. The van der Waals surface area contributed by atoms with Crippen molar-refractivity contribution in [1.82, 2.24) is 24.9 Å². The second kappa shape index (κ2) is 8.47. The molecule has 1 saturated carbocycles. The van der Waals surface area contributed by atoms with Crippen LogP contribution in [0, 0.1) is 6.92 Å². The number of hydrogen-bond donors (Lipinski definition) is 1. The standard InChI is InChI=1S/C23H26N6O2/c1-16-3-7-20(29-26-9-10-27-29)19(13-16)23(30)28-11-2-12-31-22(28)15-25-21-8-6-18(14-24-21)17-4-5-17/h3,6-10,13-14,17,22H,2,4-5,11-12,15H2,1H3,(H,24,25). The lowest BCUT2D eigenvalue weighted by Crippen LogP contribution is -2.50. The molecular weight excluding hydrogens is 392 g/mol. The molecule has 2 aromatic heterocycles. The maximum absolute atomic E-state index is 13.5. The van der Waals surface area contributed by atoms with Crippen molar-refractivity contribution in [3.8, 4) is 5.69 Å². The highest BCUT2D eigenvalue weighted by Crippen LogP contribution is 2.39. The van der Waals surface area contributed by atoms with Crippen LogP contribution in [-0.4, -0.2) is 56.7 Å². The van der Waals surface area contributed by atoms with E-state index in [9.17, 15) is 4.79 Å². The van der Waals surface area contributed by atoms with Crippen molar-refractivity contribution in [2.24, 2.45) is 0 Å². The van der Waals surface area contributed by atoms with Crippen LogP contribution >= 0.6 is 0 Å². The van der Waals surface area contributed by atoms with Crippen LogP contribution in [0.25, 0.3) is 5.69 Å². The van der Waals surface area contributed by atoms with Gasteiger partial charge in [-0.3, -0.25) is 4.79 Å². The zero-order chi connectivity index (χ0) is 21.2. The van der Waals surface area contributed by atoms with E-state index in [1.54, 1.807) is 17.3 Å². The van der Waals surface area contributed by atoms with Crippen molar-refractivity contribution in [2.45, 2.75) is 38.3 Å². The summed E-state index contributed by atoms with van der Waals surface area (Å²) in [5.74, 6) is 1.40. The van der Waals surface area contributed by atoms with Gasteiger partial charge in [0.2, 0.25) is 0 Å². The fraction of sp³-hybridized carbons (Fsp3) is 0.391. The predicted octanol–water partition coefficient (Wildman–Crippen LogP) is 3.15. The largest absolute Gasteiger partial charge is 0.366 e. The predicted molar refractivity (Wildman–Crippen MR) is 116 cm³/mol. The van der Waals surface area contributed by atoms with Crippen molar-refractivity contribution in [3.05, 3.63) is 65.6 Å². The van der Waals surface area contributed by atoms with Gasteiger partial charge in [-0.25, -0.2) is 4.98 Å². The topological polar surface area (TPSA) is 85.2 Å². The summed E-state index contributed by atoms with van der Waals surface area (Å²) in [5.41, 5.74) is 3.54. The van der Waals surface area contributed by atoms with Gasteiger partial charge in [-0.15, -0.1) is 0 Å². The van der Waals surface area contributed by atoms with Gasteiger partial charge in [-0.2, -0.15) is 15.0 Å². The van der Waals surface area contributed by atoms with Crippen molar-refractivity contribution in [2.75, 3.05) is 25.0 Å². The summed E-state index contributed by atoms with van der Waals surface area (Å²) in [5, 5.41) is 11.7. The van der Waals surface area contributed by atoms with Crippen molar-refractivity contribution in [1.29, 1.82) is 0 Å². The molecule has 2 aliphatic rings. The van der Waals surface area contributed by atoms with Gasteiger partial charge in [0.05, 0.1) is 36.8 Å². The van der Waals surface area contributed by atoms with E-state index < -0.39 is 0 Å². The third kappa shape index (κ3) is 4.29. The Morgan fingerprint density at radius 3 is 2.77 bits per heavy atom. The molecule has 0 bridgehead atoms. The normalized spacial score (nSPS) is 18.7. The molecule has 1 aliphatic heterocycles. The Balaban J connectivity index is 1.33. The maximum atomic E-state index is 13.5. The first kappa shape index (κ1) is 19.7. The van der Waals surface area contributed by atoms with Crippen LogP contribution in [0.3, 0.4) is 0 Å². The number of hydrogen-bond acceptors (Lipinski definition) is 6. The molecule has 8 heteroatoms. The fourth-order valence-electron chi connectivity index (χ4n) is 3.94. The van der Waals surface area contributed by atoms with E-state index in [2.05, 4.69) is 26.6 Å². The Kier molecular flexibility index (Phi) is 5.38. The minimum Gasteiger partial charge on any atom is -0.366 e. The van der Waals surface area contributed by atoms with Gasteiger partial charge >= 0.3 is 0 Å². The Labute approximate surface area is 181 Å². The van der Waals surface area contributed by atoms with Crippen molar-refractivity contribution >= 4 is 11.7 Å². The number of carbonyl (C=O) groups is 1. The van der Waals surface area contributed by atoms with Crippen LogP contribution in [0.1, 0.15) is 46.7 Å². The Bertz CT molecular complexity index is 1050.